The van der Waals surface area contributed by atoms with Crippen LogP contribution in [-0.2, 0) is 11.3 Å². The third-order valence-electron chi connectivity index (χ3n) is 3.36. The van der Waals surface area contributed by atoms with Gasteiger partial charge in [-0.05, 0) is 18.2 Å². The summed E-state index contributed by atoms with van der Waals surface area (Å²) in [5, 5.41) is 8.51. The molecule has 3 rings (SSSR count). The molecule has 1 N–H and O–H groups in total. The Morgan fingerprint density at radius 2 is 2.43 bits per heavy atom. The van der Waals surface area contributed by atoms with Gasteiger partial charge in [0, 0.05) is 17.1 Å². The van der Waals surface area contributed by atoms with Gasteiger partial charge in [-0.1, -0.05) is 11.6 Å². The van der Waals surface area contributed by atoms with Crippen LogP contribution in [0.15, 0.2) is 24.5 Å². The van der Waals surface area contributed by atoms with Gasteiger partial charge in [0.25, 0.3) is 0 Å². The molecule has 1 aliphatic rings. The summed E-state index contributed by atoms with van der Waals surface area (Å²) in [5.41, 5.74) is 0.967. The molecule has 112 valence electrons. The average molecular weight is 309 g/mol. The molecule has 0 aliphatic carbocycles. The zero-order chi connectivity index (χ0) is 14.7. The maximum absolute atomic E-state index is 6.04. The minimum absolute atomic E-state index is 0.0567. The zero-order valence-electron chi connectivity index (χ0n) is 11.8. The first kappa shape index (κ1) is 14.3. The third-order valence-corrected chi connectivity index (χ3v) is 3.60. The van der Waals surface area contributed by atoms with Gasteiger partial charge in [0.1, 0.15) is 12.1 Å². The summed E-state index contributed by atoms with van der Waals surface area (Å²) in [4.78, 5) is 4.35. The fourth-order valence-corrected chi connectivity index (χ4v) is 2.52. The Morgan fingerprint density at radius 3 is 3.19 bits per heavy atom. The van der Waals surface area contributed by atoms with Crippen LogP contribution in [0.3, 0.4) is 0 Å². The molecule has 1 fully saturated rings. The van der Waals surface area contributed by atoms with Crippen molar-refractivity contribution in [3.63, 3.8) is 0 Å². The van der Waals surface area contributed by atoms with E-state index in [0.29, 0.717) is 18.2 Å². The summed E-state index contributed by atoms with van der Waals surface area (Å²) >= 11 is 6.04. The standard InChI is InChI=1S/C14H17ClN4O2/c1-20-13-3-2-11(15)6-10(13)7-19-9-17-14(18-19)12-8-21-5-4-16-12/h2-3,6,9,12,16H,4-5,7-8H2,1H3. The Hall–Kier alpha value is -1.63. The molecule has 21 heavy (non-hydrogen) atoms. The summed E-state index contributed by atoms with van der Waals surface area (Å²) in [6.45, 7) is 2.72. The van der Waals surface area contributed by atoms with E-state index in [2.05, 4.69) is 15.4 Å². The molecule has 1 aromatic heterocycles. The number of hydrogen-bond acceptors (Lipinski definition) is 5. The van der Waals surface area contributed by atoms with Crippen LogP contribution >= 0.6 is 11.6 Å². The summed E-state index contributed by atoms with van der Waals surface area (Å²) in [6.07, 6.45) is 1.71. The van der Waals surface area contributed by atoms with Gasteiger partial charge in [-0.3, -0.25) is 0 Å². The SMILES string of the molecule is COc1ccc(Cl)cc1Cn1cnc(C2COCCN2)n1. The quantitative estimate of drug-likeness (QED) is 0.930. The number of hydrogen-bond donors (Lipinski definition) is 1. The van der Waals surface area contributed by atoms with Gasteiger partial charge >= 0.3 is 0 Å². The molecular weight excluding hydrogens is 292 g/mol. The van der Waals surface area contributed by atoms with Gasteiger partial charge in [-0.15, -0.1) is 0 Å². The number of aromatic nitrogens is 3. The second kappa shape index (κ2) is 6.43. The summed E-state index contributed by atoms with van der Waals surface area (Å²) in [6, 6.07) is 5.59. The van der Waals surface area contributed by atoms with Gasteiger partial charge in [-0.25, -0.2) is 9.67 Å². The summed E-state index contributed by atoms with van der Waals surface area (Å²) in [5.74, 6) is 1.53. The molecular formula is C14H17ClN4O2. The van der Waals surface area contributed by atoms with Crippen molar-refractivity contribution in [3.05, 3.63) is 40.9 Å². The van der Waals surface area contributed by atoms with E-state index in [4.69, 9.17) is 21.1 Å². The minimum atomic E-state index is 0.0567. The number of ether oxygens (including phenoxy) is 2. The first-order valence-corrected chi connectivity index (χ1v) is 7.17. The molecule has 0 spiro atoms. The number of morpholine rings is 1. The van der Waals surface area contributed by atoms with E-state index >= 15 is 0 Å². The lowest BCUT2D eigenvalue weighted by Gasteiger charge is -2.21. The normalized spacial score (nSPS) is 18.7. The Morgan fingerprint density at radius 1 is 1.52 bits per heavy atom. The average Bonchev–Trinajstić information content (AvgIpc) is 2.97. The third kappa shape index (κ3) is 3.34. The van der Waals surface area contributed by atoms with Crippen LogP contribution in [0.2, 0.25) is 5.02 Å². The molecule has 7 heteroatoms. The van der Waals surface area contributed by atoms with Crippen LogP contribution in [-0.4, -0.2) is 41.6 Å². The number of rotatable bonds is 4. The number of benzene rings is 1. The Balaban J connectivity index is 1.76. The van der Waals surface area contributed by atoms with Crippen molar-refractivity contribution in [3.8, 4) is 5.75 Å². The van der Waals surface area contributed by atoms with E-state index < -0.39 is 0 Å². The zero-order valence-corrected chi connectivity index (χ0v) is 12.5. The van der Waals surface area contributed by atoms with Crippen molar-refractivity contribution in [2.45, 2.75) is 12.6 Å². The van der Waals surface area contributed by atoms with Gasteiger partial charge in [0.05, 0.1) is 32.9 Å². The van der Waals surface area contributed by atoms with Gasteiger partial charge in [-0.2, -0.15) is 5.10 Å². The molecule has 1 aromatic carbocycles. The molecule has 1 atom stereocenters. The molecule has 0 amide bonds. The predicted molar refractivity (Wildman–Crippen MR) is 78.7 cm³/mol. The minimum Gasteiger partial charge on any atom is -0.496 e. The molecule has 2 aromatic rings. The van der Waals surface area contributed by atoms with Crippen LogP contribution in [0.1, 0.15) is 17.4 Å². The molecule has 1 aliphatic heterocycles. The van der Waals surface area contributed by atoms with Crippen molar-refractivity contribution in [1.29, 1.82) is 0 Å². The Bertz CT molecular complexity index is 611. The van der Waals surface area contributed by atoms with Crippen molar-refractivity contribution in [2.24, 2.45) is 0 Å². The highest BCUT2D eigenvalue weighted by Crippen LogP contribution is 2.23. The second-order valence-corrected chi connectivity index (χ2v) is 5.27. The van der Waals surface area contributed by atoms with Crippen LogP contribution in [0, 0.1) is 0 Å². The van der Waals surface area contributed by atoms with E-state index in [9.17, 15) is 0 Å². The molecule has 0 radical (unpaired) electrons. The maximum atomic E-state index is 6.04. The summed E-state index contributed by atoms with van der Waals surface area (Å²) < 4.78 is 12.5. The van der Waals surface area contributed by atoms with Crippen LogP contribution in [0.5, 0.6) is 5.75 Å². The lowest BCUT2D eigenvalue weighted by Crippen LogP contribution is -2.35. The van der Waals surface area contributed by atoms with Gasteiger partial charge in [0.15, 0.2) is 5.82 Å². The van der Waals surface area contributed by atoms with Crippen molar-refractivity contribution in [1.82, 2.24) is 20.1 Å². The second-order valence-electron chi connectivity index (χ2n) is 4.84. The fourth-order valence-electron chi connectivity index (χ4n) is 2.32. The highest BCUT2D eigenvalue weighted by molar-refractivity contribution is 6.30. The maximum Gasteiger partial charge on any atom is 0.169 e. The van der Waals surface area contributed by atoms with Crippen molar-refractivity contribution >= 4 is 11.6 Å². The van der Waals surface area contributed by atoms with Crippen molar-refractivity contribution < 1.29 is 9.47 Å². The van der Waals surface area contributed by atoms with E-state index in [0.717, 1.165) is 30.3 Å². The molecule has 0 bridgehead atoms. The topological polar surface area (TPSA) is 61.2 Å². The van der Waals surface area contributed by atoms with E-state index in [1.54, 1.807) is 24.2 Å². The Kier molecular flexibility index (Phi) is 4.38. The van der Waals surface area contributed by atoms with Crippen LogP contribution in [0.4, 0.5) is 0 Å². The number of halogens is 1. The number of methoxy groups -OCH3 is 1. The van der Waals surface area contributed by atoms with E-state index in [1.165, 1.54) is 0 Å². The van der Waals surface area contributed by atoms with Gasteiger partial charge < -0.3 is 14.8 Å². The lowest BCUT2D eigenvalue weighted by molar-refractivity contribution is 0.0742. The lowest BCUT2D eigenvalue weighted by atomic mass is 10.2. The van der Waals surface area contributed by atoms with Crippen LogP contribution < -0.4 is 10.1 Å². The Labute approximate surface area is 128 Å². The van der Waals surface area contributed by atoms with Crippen molar-refractivity contribution in [2.75, 3.05) is 26.9 Å². The monoisotopic (exact) mass is 308 g/mol. The number of nitrogens with one attached hydrogen (secondary N) is 1. The highest BCUT2D eigenvalue weighted by Gasteiger charge is 2.19. The number of nitrogens with zero attached hydrogens (tertiary/aromatic N) is 3. The molecule has 0 saturated carbocycles. The predicted octanol–water partition coefficient (Wildman–Crippen LogP) is 1.65. The molecule has 2 heterocycles. The smallest absolute Gasteiger partial charge is 0.169 e. The van der Waals surface area contributed by atoms with Gasteiger partial charge in [0.2, 0.25) is 0 Å². The largest absolute Gasteiger partial charge is 0.496 e. The first-order chi connectivity index (χ1) is 10.3. The molecule has 1 unspecified atom stereocenters. The summed E-state index contributed by atoms with van der Waals surface area (Å²) in [7, 11) is 1.64. The van der Waals surface area contributed by atoms with E-state index in [-0.39, 0.29) is 6.04 Å². The van der Waals surface area contributed by atoms with E-state index in [1.807, 2.05) is 12.1 Å². The highest BCUT2D eigenvalue weighted by atomic mass is 35.5. The fraction of sp³-hybridized carbons (Fsp3) is 0.429. The first-order valence-electron chi connectivity index (χ1n) is 6.79. The molecule has 6 nitrogen and oxygen atoms in total. The van der Waals surface area contributed by atoms with Crippen LogP contribution in [0.25, 0.3) is 0 Å². The molecule has 1 saturated heterocycles.